The molecule has 0 bridgehead atoms. The highest BCUT2D eigenvalue weighted by molar-refractivity contribution is 6.30. The molecule has 1 aromatic carbocycles. The number of benzene rings is 1. The van der Waals surface area contributed by atoms with Gasteiger partial charge in [0, 0.05) is 23.2 Å². The van der Waals surface area contributed by atoms with Crippen LogP contribution in [-0.4, -0.2) is 30.4 Å². The number of amides is 2. The Balaban J connectivity index is 2.05. The first-order chi connectivity index (χ1) is 10.5. The molecular weight excluding hydrogens is 304 g/mol. The Labute approximate surface area is 136 Å². The average Bonchev–Trinajstić information content (AvgIpc) is 2.68. The van der Waals surface area contributed by atoms with Crippen molar-refractivity contribution < 1.29 is 14.6 Å². The molecule has 122 valence electrons. The van der Waals surface area contributed by atoms with Crippen molar-refractivity contribution >= 4 is 17.6 Å². The number of ether oxygens (including phenoxy) is 1. The van der Waals surface area contributed by atoms with E-state index in [1.54, 1.807) is 12.1 Å². The van der Waals surface area contributed by atoms with E-state index in [0.717, 1.165) is 24.2 Å². The predicted molar refractivity (Wildman–Crippen MR) is 86.3 cm³/mol. The van der Waals surface area contributed by atoms with Crippen LogP contribution in [0.4, 0.5) is 4.79 Å². The summed E-state index contributed by atoms with van der Waals surface area (Å²) in [5.74, 6) is 0.737. The lowest BCUT2D eigenvalue weighted by Crippen LogP contribution is -2.45. The summed E-state index contributed by atoms with van der Waals surface area (Å²) in [5, 5.41) is 15.6. The number of fused-ring (bicyclic) bond motifs is 1. The van der Waals surface area contributed by atoms with Crippen molar-refractivity contribution in [2.45, 2.75) is 38.8 Å². The molecule has 22 heavy (non-hydrogen) atoms. The molecule has 2 amide bonds. The van der Waals surface area contributed by atoms with Crippen LogP contribution < -0.4 is 15.4 Å². The summed E-state index contributed by atoms with van der Waals surface area (Å²) in [6.07, 6.45) is 1.67. The Morgan fingerprint density at radius 3 is 3.00 bits per heavy atom. The number of hydrogen-bond donors (Lipinski definition) is 3. The molecule has 3 unspecified atom stereocenters. The van der Waals surface area contributed by atoms with E-state index < -0.39 is 0 Å². The van der Waals surface area contributed by atoms with E-state index >= 15 is 0 Å². The van der Waals surface area contributed by atoms with E-state index in [0.29, 0.717) is 11.6 Å². The molecule has 0 saturated carbocycles. The molecule has 0 radical (unpaired) electrons. The lowest BCUT2D eigenvalue weighted by molar-refractivity contribution is 0.198. The monoisotopic (exact) mass is 326 g/mol. The summed E-state index contributed by atoms with van der Waals surface area (Å²) in [7, 11) is 0. The van der Waals surface area contributed by atoms with Crippen LogP contribution >= 0.6 is 11.6 Å². The van der Waals surface area contributed by atoms with Crippen molar-refractivity contribution in [3.63, 3.8) is 0 Å². The van der Waals surface area contributed by atoms with Crippen molar-refractivity contribution in [3.8, 4) is 5.75 Å². The van der Waals surface area contributed by atoms with Gasteiger partial charge in [-0.05, 0) is 37.8 Å². The third-order valence-corrected chi connectivity index (χ3v) is 4.29. The Bertz CT molecular complexity index is 524. The van der Waals surface area contributed by atoms with Gasteiger partial charge in [-0.15, -0.1) is 0 Å². The summed E-state index contributed by atoms with van der Waals surface area (Å²) in [6.45, 7) is 4.43. The van der Waals surface area contributed by atoms with E-state index in [1.807, 2.05) is 19.9 Å². The van der Waals surface area contributed by atoms with Crippen LogP contribution in [0.5, 0.6) is 5.75 Å². The molecule has 5 nitrogen and oxygen atoms in total. The standard InChI is InChI=1S/C16H23ClN2O3/c1-10(9-20)11(2)18-16(21)19-14-4-3-7-22-15-8-12(17)5-6-13(14)15/h5-6,8,10-11,14,20H,3-4,7,9H2,1-2H3,(H2,18,19,21). The smallest absolute Gasteiger partial charge is 0.315 e. The Hall–Kier alpha value is -1.46. The first kappa shape index (κ1) is 16.9. The minimum atomic E-state index is -0.236. The molecule has 1 heterocycles. The number of carbonyl (C=O) groups excluding carboxylic acids is 1. The van der Waals surface area contributed by atoms with Gasteiger partial charge in [0.1, 0.15) is 5.75 Å². The maximum atomic E-state index is 12.2. The zero-order valence-electron chi connectivity index (χ0n) is 12.9. The second kappa shape index (κ2) is 7.70. The molecule has 3 N–H and O–H groups in total. The van der Waals surface area contributed by atoms with Crippen LogP contribution in [0.3, 0.4) is 0 Å². The van der Waals surface area contributed by atoms with Gasteiger partial charge >= 0.3 is 6.03 Å². The van der Waals surface area contributed by atoms with E-state index in [2.05, 4.69) is 10.6 Å². The topological polar surface area (TPSA) is 70.6 Å². The van der Waals surface area contributed by atoms with Crippen LogP contribution in [0.25, 0.3) is 0 Å². The molecule has 0 aromatic heterocycles. The van der Waals surface area contributed by atoms with Crippen LogP contribution in [-0.2, 0) is 0 Å². The number of aliphatic hydroxyl groups is 1. The number of hydrogen-bond acceptors (Lipinski definition) is 3. The summed E-state index contributed by atoms with van der Waals surface area (Å²) >= 11 is 6.00. The molecule has 3 atom stereocenters. The first-order valence-corrected chi connectivity index (χ1v) is 7.99. The molecule has 1 aliphatic rings. The normalized spacial score (nSPS) is 20.1. The van der Waals surface area contributed by atoms with Crippen molar-refractivity contribution in [1.82, 2.24) is 10.6 Å². The molecule has 2 rings (SSSR count). The zero-order valence-corrected chi connectivity index (χ0v) is 13.7. The average molecular weight is 327 g/mol. The number of carbonyl (C=O) groups is 1. The maximum Gasteiger partial charge on any atom is 0.315 e. The number of halogens is 1. The minimum Gasteiger partial charge on any atom is -0.493 e. The minimum absolute atomic E-state index is 0.00862. The van der Waals surface area contributed by atoms with E-state index in [9.17, 15) is 4.79 Å². The Morgan fingerprint density at radius 2 is 2.27 bits per heavy atom. The predicted octanol–water partition coefficient (Wildman–Crippen LogP) is 2.87. The van der Waals surface area contributed by atoms with Crippen LogP contribution in [0.15, 0.2) is 18.2 Å². The Kier molecular flexibility index (Phi) is 5.91. The van der Waals surface area contributed by atoms with Gasteiger partial charge in [-0.25, -0.2) is 4.79 Å². The van der Waals surface area contributed by atoms with Gasteiger partial charge in [0.2, 0.25) is 0 Å². The Morgan fingerprint density at radius 1 is 1.50 bits per heavy atom. The molecule has 1 aliphatic heterocycles. The zero-order chi connectivity index (χ0) is 16.1. The quantitative estimate of drug-likeness (QED) is 0.796. The van der Waals surface area contributed by atoms with Gasteiger partial charge in [-0.1, -0.05) is 24.6 Å². The summed E-state index contributed by atoms with van der Waals surface area (Å²) in [4.78, 5) is 12.2. The lowest BCUT2D eigenvalue weighted by atomic mass is 10.0. The van der Waals surface area contributed by atoms with E-state index in [4.69, 9.17) is 21.4 Å². The summed E-state index contributed by atoms with van der Waals surface area (Å²) < 4.78 is 5.69. The molecule has 6 heteroatoms. The fourth-order valence-electron chi connectivity index (χ4n) is 2.40. The SMILES string of the molecule is CC(CO)C(C)NC(=O)NC1CCCOc2cc(Cl)ccc21. The highest BCUT2D eigenvalue weighted by Gasteiger charge is 2.23. The van der Waals surface area contributed by atoms with E-state index in [-0.39, 0.29) is 30.6 Å². The van der Waals surface area contributed by atoms with Crippen molar-refractivity contribution in [2.75, 3.05) is 13.2 Å². The highest BCUT2D eigenvalue weighted by Crippen LogP contribution is 2.33. The van der Waals surface area contributed by atoms with E-state index in [1.165, 1.54) is 0 Å². The highest BCUT2D eigenvalue weighted by atomic mass is 35.5. The van der Waals surface area contributed by atoms with Gasteiger partial charge < -0.3 is 20.5 Å². The van der Waals surface area contributed by atoms with Gasteiger partial charge in [0.25, 0.3) is 0 Å². The number of aliphatic hydroxyl groups excluding tert-OH is 1. The van der Waals surface area contributed by atoms with Gasteiger partial charge in [0.05, 0.1) is 12.6 Å². The fraction of sp³-hybridized carbons (Fsp3) is 0.562. The van der Waals surface area contributed by atoms with Crippen LogP contribution in [0.1, 0.15) is 38.3 Å². The second-order valence-electron chi connectivity index (χ2n) is 5.79. The largest absolute Gasteiger partial charge is 0.493 e. The molecular formula is C16H23ClN2O3. The second-order valence-corrected chi connectivity index (χ2v) is 6.23. The number of rotatable bonds is 4. The van der Waals surface area contributed by atoms with Crippen molar-refractivity contribution in [1.29, 1.82) is 0 Å². The van der Waals surface area contributed by atoms with Crippen LogP contribution in [0.2, 0.25) is 5.02 Å². The van der Waals surface area contributed by atoms with Crippen molar-refractivity contribution in [2.24, 2.45) is 5.92 Å². The third kappa shape index (κ3) is 4.27. The van der Waals surface area contributed by atoms with Gasteiger partial charge in [0.15, 0.2) is 0 Å². The molecule has 0 spiro atoms. The lowest BCUT2D eigenvalue weighted by Gasteiger charge is -2.23. The maximum absolute atomic E-state index is 12.2. The molecule has 0 fully saturated rings. The van der Waals surface area contributed by atoms with Gasteiger partial charge in [-0.2, -0.15) is 0 Å². The van der Waals surface area contributed by atoms with Crippen molar-refractivity contribution in [3.05, 3.63) is 28.8 Å². The van der Waals surface area contributed by atoms with Gasteiger partial charge in [-0.3, -0.25) is 0 Å². The summed E-state index contributed by atoms with van der Waals surface area (Å²) in [6, 6.07) is 5.04. The first-order valence-electron chi connectivity index (χ1n) is 7.61. The third-order valence-electron chi connectivity index (χ3n) is 4.05. The summed E-state index contributed by atoms with van der Waals surface area (Å²) in [5.41, 5.74) is 0.944. The molecule has 1 aromatic rings. The number of nitrogens with one attached hydrogen (secondary N) is 2. The molecule has 0 saturated heterocycles. The van der Waals surface area contributed by atoms with Crippen LogP contribution in [0, 0.1) is 5.92 Å². The molecule has 0 aliphatic carbocycles. The number of urea groups is 1. The fourth-order valence-corrected chi connectivity index (χ4v) is 2.57.